The van der Waals surface area contributed by atoms with Gasteiger partial charge in [-0.1, -0.05) is 43.2 Å². The zero-order valence-electron chi connectivity index (χ0n) is 12.5. The van der Waals surface area contributed by atoms with Gasteiger partial charge in [-0.15, -0.1) is 0 Å². The Labute approximate surface area is 130 Å². The minimum Gasteiger partial charge on any atom is -0.388 e. The molecule has 1 saturated carbocycles. The first-order chi connectivity index (χ1) is 10.7. The number of benzene rings is 1. The molecule has 0 aliphatic heterocycles. The zero-order chi connectivity index (χ0) is 15.4. The molecule has 1 heterocycles. The van der Waals surface area contributed by atoms with Crippen LogP contribution in [0.2, 0.25) is 0 Å². The Hall–Kier alpha value is -2.07. The van der Waals surface area contributed by atoms with Crippen molar-refractivity contribution in [3.05, 3.63) is 59.7 Å². The Bertz CT molecular complexity index is 632. The third-order valence-corrected chi connectivity index (χ3v) is 4.61. The summed E-state index contributed by atoms with van der Waals surface area (Å²) in [4.78, 5) is 20.1. The van der Waals surface area contributed by atoms with Crippen molar-refractivity contribution in [3.8, 4) is 0 Å². The van der Waals surface area contributed by atoms with Crippen molar-refractivity contribution in [1.29, 1.82) is 0 Å². The molecule has 4 heteroatoms. The smallest absolute Gasteiger partial charge is 0.191 e. The SMILES string of the molecule is O=C(CO)c1cnc(CC2(c3ccccc3)CCCC2)nc1. The summed E-state index contributed by atoms with van der Waals surface area (Å²) in [6.07, 6.45) is 8.61. The van der Waals surface area contributed by atoms with Crippen molar-refractivity contribution >= 4 is 5.78 Å². The summed E-state index contributed by atoms with van der Waals surface area (Å²) < 4.78 is 0. The lowest BCUT2D eigenvalue weighted by molar-refractivity contribution is 0.0903. The molecule has 3 rings (SSSR count). The predicted octanol–water partition coefficient (Wildman–Crippen LogP) is 2.71. The maximum atomic E-state index is 11.4. The van der Waals surface area contributed by atoms with E-state index in [0.29, 0.717) is 5.56 Å². The molecule has 0 amide bonds. The van der Waals surface area contributed by atoms with Crippen molar-refractivity contribution in [2.24, 2.45) is 0 Å². The molecule has 22 heavy (non-hydrogen) atoms. The van der Waals surface area contributed by atoms with Gasteiger partial charge in [0, 0.05) is 24.2 Å². The maximum Gasteiger partial charge on any atom is 0.191 e. The van der Waals surface area contributed by atoms with Crippen LogP contribution in [0.15, 0.2) is 42.7 Å². The fraction of sp³-hybridized carbons (Fsp3) is 0.389. The number of nitrogens with zero attached hydrogens (tertiary/aromatic N) is 2. The molecule has 0 unspecified atom stereocenters. The molecule has 0 bridgehead atoms. The number of hydrogen-bond donors (Lipinski definition) is 1. The monoisotopic (exact) mass is 296 g/mol. The topological polar surface area (TPSA) is 63.1 Å². The molecule has 1 aliphatic carbocycles. The first-order valence-electron chi connectivity index (χ1n) is 7.74. The quantitative estimate of drug-likeness (QED) is 0.862. The third kappa shape index (κ3) is 2.92. The average Bonchev–Trinajstić information content (AvgIpc) is 3.05. The lowest BCUT2D eigenvalue weighted by Gasteiger charge is -2.29. The molecule has 0 spiro atoms. The van der Waals surface area contributed by atoms with Crippen LogP contribution in [0.4, 0.5) is 0 Å². The van der Waals surface area contributed by atoms with Crippen LogP contribution in [0.5, 0.6) is 0 Å². The van der Waals surface area contributed by atoms with Gasteiger partial charge in [-0.25, -0.2) is 9.97 Å². The Morgan fingerprint density at radius 2 is 1.73 bits per heavy atom. The van der Waals surface area contributed by atoms with Gasteiger partial charge in [0.1, 0.15) is 12.4 Å². The summed E-state index contributed by atoms with van der Waals surface area (Å²) in [5.74, 6) is 0.422. The lowest BCUT2D eigenvalue weighted by atomic mass is 9.76. The first-order valence-corrected chi connectivity index (χ1v) is 7.74. The number of aromatic nitrogens is 2. The molecular weight excluding hydrogens is 276 g/mol. The van der Waals surface area contributed by atoms with Crippen LogP contribution in [0.1, 0.15) is 47.4 Å². The van der Waals surface area contributed by atoms with Gasteiger partial charge in [0.25, 0.3) is 0 Å². The van der Waals surface area contributed by atoms with Crippen molar-refractivity contribution < 1.29 is 9.90 Å². The van der Waals surface area contributed by atoms with Gasteiger partial charge in [-0.05, 0) is 18.4 Å². The van der Waals surface area contributed by atoms with E-state index in [2.05, 4.69) is 34.2 Å². The summed E-state index contributed by atoms with van der Waals surface area (Å²) in [7, 11) is 0. The Balaban J connectivity index is 1.84. The van der Waals surface area contributed by atoms with E-state index < -0.39 is 6.61 Å². The first kappa shape index (κ1) is 14.9. The van der Waals surface area contributed by atoms with Gasteiger partial charge in [0.15, 0.2) is 5.78 Å². The van der Waals surface area contributed by atoms with Gasteiger partial charge in [0.05, 0.1) is 5.56 Å². The number of ketones is 1. The molecule has 0 saturated heterocycles. The van der Waals surface area contributed by atoms with Gasteiger partial charge in [0.2, 0.25) is 0 Å². The number of rotatable bonds is 5. The number of aliphatic hydroxyl groups excluding tert-OH is 1. The molecule has 0 atom stereocenters. The highest BCUT2D eigenvalue weighted by Gasteiger charge is 2.36. The number of hydrogen-bond acceptors (Lipinski definition) is 4. The lowest BCUT2D eigenvalue weighted by Crippen LogP contribution is -2.26. The fourth-order valence-electron chi connectivity index (χ4n) is 3.40. The molecule has 4 nitrogen and oxygen atoms in total. The number of carbonyl (C=O) groups is 1. The maximum absolute atomic E-state index is 11.4. The van der Waals surface area contributed by atoms with Gasteiger partial charge in [-0.3, -0.25) is 4.79 Å². The minimum atomic E-state index is -0.503. The second kappa shape index (κ2) is 6.36. The Morgan fingerprint density at radius 3 is 2.32 bits per heavy atom. The zero-order valence-corrected chi connectivity index (χ0v) is 12.5. The molecule has 2 aromatic rings. The molecule has 0 radical (unpaired) electrons. The highest BCUT2D eigenvalue weighted by molar-refractivity contribution is 5.96. The number of Topliss-reactive ketones (excluding diaryl/α,β-unsaturated/α-hetero) is 1. The second-order valence-electron chi connectivity index (χ2n) is 6.00. The number of aliphatic hydroxyl groups is 1. The van der Waals surface area contributed by atoms with E-state index in [0.717, 1.165) is 25.1 Å². The minimum absolute atomic E-state index is 0.115. The van der Waals surface area contributed by atoms with E-state index in [4.69, 9.17) is 5.11 Å². The summed E-state index contributed by atoms with van der Waals surface area (Å²) in [6.45, 7) is -0.503. The fourth-order valence-corrected chi connectivity index (χ4v) is 3.40. The van der Waals surface area contributed by atoms with Gasteiger partial charge < -0.3 is 5.11 Å². The normalized spacial score (nSPS) is 16.6. The van der Waals surface area contributed by atoms with E-state index in [9.17, 15) is 4.79 Å². The van der Waals surface area contributed by atoms with Crippen LogP contribution in [0, 0.1) is 0 Å². The van der Waals surface area contributed by atoms with Crippen LogP contribution >= 0.6 is 0 Å². The summed E-state index contributed by atoms with van der Waals surface area (Å²) >= 11 is 0. The van der Waals surface area contributed by atoms with Crippen LogP contribution in [-0.4, -0.2) is 27.5 Å². The van der Waals surface area contributed by atoms with Crippen molar-refractivity contribution in [1.82, 2.24) is 9.97 Å². The molecule has 1 aliphatic rings. The van der Waals surface area contributed by atoms with E-state index in [1.54, 1.807) is 0 Å². The second-order valence-corrected chi connectivity index (χ2v) is 6.00. The molecular formula is C18H20N2O2. The molecule has 114 valence electrons. The standard InChI is InChI=1S/C18H20N2O2/c21-13-16(22)14-11-19-17(20-12-14)10-18(8-4-5-9-18)15-6-2-1-3-7-15/h1-3,6-7,11-12,21H,4-5,8-10,13H2. The predicted molar refractivity (Wildman–Crippen MR) is 83.7 cm³/mol. The van der Waals surface area contributed by atoms with Crippen LogP contribution in [0.25, 0.3) is 0 Å². The average molecular weight is 296 g/mol. The van der Waals surface area contributed by atoms with E-state index in [1.807, 2.05) is 6.07 Å². The molecule has 1 aromatic heterocycles. The highest BCUT2D eigenvalue weighted by atomic mass is 16.3. The van der Waals surface area contributed by atoms with Gasteiger partial charge in [-0.2, -0.15) is 0 Å². The van der Waals surface area contributed by atoms with Crippen molar-refractivity contribution in [2.45, 2.75) is 37.5 Å². The Morgan fingerprint density at radius 1 is 1.09 bits per heavy atom. The van der Waals surface area contributed by atoms with Crippen LogP contribution in [0.3, 0.4) is 0 Å². The number of carbonyl (C=O) groups excluding carboxylic acids is 1. The van der Waals surface area contributed by atoms with Crippen LogP contribution in [-0.2, 0) is 11.8 Å². The largest absolute Gasteiger partial charge is 0.388 e. The molecule has 1 N–H and O–H groups in total. The van der Waals surface area contributed by atoms with E-state index >= 15 is 0 Å². The van der Waals surface area contributed by atoms with E-state index in [-0.39, 0.29) is 11.2 Å². The summed E-state index contributed by atoms with van der Waals surface area (Å²) in [5, 5.41) is 8.87. The summed E-state index contributed by atoms with van der Waals surface area (Å²) in [5.41, 5.74) is 1.84. The molecule has 1 fully saturated rings. The molecule has 1 aromatic carbocycles. The van der Waals surface area contributed by atoms with Crippen molar-refractivity contribution in [2.75, 3.05) is 6.61 Å². The Kier molecular flexibility index (Phi) is 4.29. The van der Waals surface area contributed by atoms with Gasteiger partial charge >= 0.3 is 0 Å². The summed E-state index contributed by atoms with van der Waals surface area (Å²) in [6, 6.07) is 10.6. The van der Waals surface area contributed by atoms with E-state index in [1.165, 1.54) is 30.8 Å². The van der Waals surface area contributed by atoms with Crippen molar-refractivity contribution in [3.63, 3.8) is 0 Å². The third-order valence-electron chi connectivity index (χ3n) is 4.61. The van der Waals surface area contributed by atoms with Crippen LogP contribution < -0.4 is 0 Å². The highest BCUT2D eigenvalue weighted by Crippen LogP contribution is 2.43.